The molecule has 0 aliphatic heterocycles. The second kappa shape index (κ2) is 7.35. The van der Waals surface area contributed by atoms with Gasteiger partial charge in [-0.1, -0.05) is 12.1 Å². The number of aliphatic hydroxyl groups is 1. The van der Waals surface area contributed by atoms with Gasteiger partial charge in [-0.15, -0.1) is 0 Å². The topological polar surface area (TPSA) is 58.4 Å². The van der Waals surface area contributed by atoms with E-state index in [0.717, 1.165) is 24.1 Å². The van der Waals surface area contributed by atoms with Crippen LogP contribution in [0, 0.1) is 12.7 Å². The van der Waals surface area contributed by atoms with Crippen molar-refractivity contribution in [2.45, 2.75) is 44.8 Å². The molecule has 1 N–H and O–H groups in total. The molecule has 2 aromatic rings. The van der Waals surface area contributed by atoms with Gasteiger partial charge in [-0.3, -0.25) is 9.48 Å². The minimum absolute atomic E-state index is 0.0481. The highest BCUT2D eigenvalue weighted by Gasteiger charge is 2.33. The van der Waals surface area contributed by atoms with Crippen LogP contribution >= 0.6 is 0 Å². The monoisotopic (exact) mass is 345 g/mol. The van der Waals surface area contributed by atoms with Gasteiger partial charge < -0.3 is 10.0 Å². The predicted molar refractivity (Wildman–Crippen MR) is 92.4 cm³/mol. The van der Waals surface area contributed by atoms with Gasteiger partial charge in [0.25, 0.3) is 0 Å². The van der Waals surface area contributed by atoms with Crippen LogP contribution < -0.4 is 0 Å². The molecular weight excluding hydrogens is 321 g/mol. The summed E-state index contributed by atoms with van der Waals surface area (Å²) in [6.07, 6.45) is 4.15. The number of carbonyl (C=O) groups is 1. The Morgan fingerprint density at radius 3 is 2.64 bits per heavy atom. The van der Waals surface area contributed by atoms with Crippen molar-refractivity contribution >= 4 is 5.91 Å². The molecule has 0 bridgehead atoms. The van der Waals surface area contributed by atoms with Crippen LogP contribution in [0.4, 0.5) is 4.39 Å². The average molecular weight is 345 g/mol. The van der Waals surface area contributed by atoms with Gasteiger partial charge in [0.05, 0.1) is 18.3 Å². The molecule has 3 rings (SSSR count). The van der Waals surface area contributed by atoms with Crippen LogP contribution in [0.3, 0.4) is 0 Å². The molecule has 1 heterocycles. The summed E-state index contributed by atoms with van der Waals surface area (Å²) in [7, 11) is 1.87. The lowest BCUT2D eigenvalue weighted by Crippen LogP contribution is -2.36. The molecule has 1 atom stereocenters. The van der Waals surface area contributed by atoms with E-state index in [4.69, 9.17) is 0 Å². The van der Waals surface area contributed by atoms with E-state index in [1.54, 1.807) is 21.7 Å². The molecule has 6 heteroatoms. The molecule has 1 aromatic heterocycles. The van der Waals surface area contributed by atoms with E-state index < -0.39 is 6.10 Å². The number of benzene rings is 1. The second-order valence-electron chi connectivity index (χ2n) is 6.76. The number of rotatable bonds is 7. The van der Waals surface area contributed by atoms with Crippen molar-refractivity contribution in [3.8, 4) is 0 Å². The highest BCUT2D eigenvalue weighted by atomic mass is 19.1. The summed E-state index contributed by atoms with van der Waals surface area (Å²) in [6, 6.07) is 6.00. The third-order valence-corrected chi connectivity index (χ3v) is 4.66. The zero-order valence-corrected chi connectivity index (χ0v) is 14.7. The minimum atomic E-state index is -0.801. The van der Waals surface area contributed by atoms with Crippen LogP contribution in [-0.4, -0.2) is 38.3 Å². The summed E-state index contributed by atoms with van der Waals surface area (Å²) in [5, 5.41) is 14.7. The van der Waals surface area contributed by atoms with E-state index >= 15 is 0 Å². The Morgan fingerprint density at radius 2 is 2.08 bits per heavy atom. The molecule has 134 valence electrons. The summed E-state index contributed by atoms with van der Waals surface area (Å²) in [6.45, 7) is 2.19. The summed E-state index contributed by atoms with van der Waals surface area (Å²) in [5.41, 5.74) is 2.65. The molecule has 1 aliphatic carbocycles. The van der Waals surface area contributed by atoms with Gasteiger partial charge in [-0.05, 0) is 49.4 Å². The minimum Gasteiger partial charge on any atom is -0.387 e. The Labute approximate surface area is 147 Å². The SMILES string of the molecule is Cc1nn(C)cc1CCC(=O)N(CC(O)c1ccc(F)cc1)C1CC1. The largest absolute Gasteiger partial charge is 0.387 e. The molecular formula is C19H24FN3O2. The van der Waals surface area contributed by atoms with Gasteiger partial charge in [0.1, 0.15) is 5.82 Å². The Morgan fingerprint density at radius 1 is 1.40 bits per heavy atom. The molecule has 5 nitrogen and oxygen atoms in total. The van der Waals surface area contributed by atoms with Crippen molar-refractivity contribution in [3.05, 3.63) is 53.1 Å². The molecule has 0 radical (unpaired) electrons. The number of aromatic nitrogens is 2. The van der Waals surface area contributed by atoms with Crippen molar-refractivity contribution in [3.63, 3.8) is 0 Å². The first kappa shape index (κ1) is 17.6. The number of amides is 1. The van der Waals surface area contributed by atoms with E-state index in [2.05, 4.69) is 5.10 Å². The molecule has 1 unspecified atom stereocenters. The zero-order chi connectivity index (χ0) is 18.0. The molecule has 1 aromatic carbocycles. The maximum atomic E-state index is 13.0. The normalized spacial score (nSPS) is 15.2. The Bertz CT molecular complexity index is 738. The summed E-state index contributed by atoms with van der Waals surface area (Å²) in [4.78, 5) is 14.4. The first-order valence-electron chi connectivity index (χ1n) is 8.66. The molecule has 0 saturated heterocycles. The van der Waals surface area contributed by atoms with Gasteiger partial charge in [0.2, 0.25) is 5.91 Å². The average Bonchev–Trinajstić information content (AvgIpc) is 3.36. The predicted octanol–water partition coefficient (Wildman–Crippen LogP) is 2.52. The van der Waals surface area contributed by atoms with Gasteiger partial charge in [0, 0.05) is 25.7 Å². The number of hydrogen-bond donors (Lipinski definition) is 1. The third kappa shape index (κ3) is 4.45. The number of aryl methyl sites for hydroxylation is 3. The third-order valence-electron chi connectivity index (χ3n) is 4.66. The fourth-order valence-electron chi connectivity index (χ4n) is 3.10. The number of halogens is 1. The fraction of sp³-hybridized carbons (Fsp3) is 0.474. The highest BCUT2D eigenvalue weighted by Crippen LogP contribution is 2.30. The smallest absolute Gasteiger partial charge is 0.223 e. The lowest BCUT2D eigenvalue weighted by molar-refractivity contribution is -0.133. The van der Waals surface area contributed by atoms with Gasteiger partial charge in [-0.25, -0.2) is 4.39 Å². The van der Waals surface area contributed by atoms with Crippen LogP contribution in [0.15, 0.2) is 30.5 Å². The van der Waals surface area contributed by atoms with E-state index in [1.807, 2.05) is 20.2 Å². The molecule has 1 saturated carbocycles. The van der Waals surface area contributed by atoms with E-state index in [0.29, 0.717) is 18.4 Å². The van der Waals surface area contributed by atoms with Gasteiger partial charge in [0.15, 0.2) is 0 Å². The summed E-state index contributed by atoms with van der Waals surface area (Å²) in [5.74, 6) is -0.287. The number of nitrogens with zero attached hydrogens (tertiary/aromatic N) is 3. The number of hydrogen-bond acceptors (Lipinski definition) is 3. The van der Waals surface area contributed by atoms with Crippen molar-refractivity contribution in [2.24, 2.45) is 7.05 Å². The Balaban J connectivity index is 1.61. The lowest BCUT2D eigenvalue weighted by Gasteiger charge is -2.25. The highest BCUT2D eigenvalue weighted by molar-refractivity contribution is 5.77. The first-order valence-corrected chi connectivity index (χ1v) is 8.66. The van der Waals surface area contributed by atoms with Crippen molar-refractivity contribution < 1.29 is 14.3 Å². The summed E-state index contributed by atoms with van der Waals surface area (Å²) < 4.78 is 14.8. The maximum absolute atomic E-state index is 13.0. The summed E-state index contributed by atoms with van der Waals surface area (Å²) >= 11 is 0. The molecule has 0 spiro atoms. The van der Waals surface area contributed by atoms with Crippen molar-refractivity contribution in [2.75, 3.05) is 6.54 Å². The van der Waals surface area contributed by atoms with Gasteiger partial charge >= 0.3 is 0 Å². The van der Waals surface area contributed by atoms with Crippen molar-refractivity contribution in [1.82, 2.24) is 14.7 Å². The zero-order valence-electron chi connectivity index (χ0n) is 14.7. The van der Waals surface area contributed by atoms with E-state index in [-0.39, 0.29) is 24.3 Å². The van der Waals surface area contributed by atoms with Gasteiger partial charge in [-0.2, -0.15) is 5.10 Å². The maximum Gasteiger partial charge on any atom is 0.223 e. The second-order valence-corrected chi connectivity index (χ2v) is 6.76. The van der Waals surface area contributed by atoms with Crippen LogP contribution in [0.5, 0.6) is 0 Å². The molecule has 25 heavy (non-hydrogen) atoms. The fourth-order valence-corrected chi connectivity index (χ4v) is 3.10. The van der Waals surface area contributed by atoms with Crippen molar-refractivity contribution in [1.29, 1.82) is 0 Å². The Hall–Kier alpha value is -2.21. The first-order chi connectivity index (χ1) is 11.9. The van der Waals surface area contributed by atoms with Crippen LogP contribution in [0.1, 0.15) is 42.2 Å². The Kier molecular flexibility index (Phi) is 5.18. The van der Waals surface area contributed by atoms with Crippen LogP contribution in [0.25, 0.3) is 0 Å². The molecule has 1 aliphatic rings. The quantitative estimate of drug-likeness (QED) is 0.839. The van der Waals surface area contributed by atoms with Crippen LogP contribution in [-0.2, 0) is 18.3 Å². The number of aliphatic hydroxyl groups excluding tert-OH is 1. The van der Waals surface area contributed by atoms with E-state index in [9.17, 15) is 14.3 Å². The number of carbonyl (C=O) groups excluding carboxylic acids is 1. The standard InChI is InChI=1S/C19H24FN3O2/c1-13-15(11-22(2)21-13)5-10-19(25)23(17-8-9-17)12-18(24)14-3-6-16(20)7-4-14/h3-4,6-7,11,17-18,24H,5,8-10,12H2,1-2H3. The van der Waals surface area contributed by atoms with E-state index in [1.165, 1.54) is 12.1 Å². The van der Waals surface area contributed by atoms with Crippen LogP contribution in [0.2, 0.25) is 0 Å². The lowest BCUT2D eigenvalue weighted by atomic mass is 10.1. The molecule has 1 amide bonds. The molecule has 1 fully saturated rings.